The van der Waals surface area contributed by atoms with Crippen molar-refractivity contribution >= 4 is 16.0 Å². The molecule has 0 fully saturated rings. The molecule has 0 aliphatic rings. The van der Waals surface area contributed by atoms with Gasteiger partial charge in [0.1, 0.15) is 0 Å². The van der Waals surface area contributed by atoms with E-state index in [1.165, 1.54) is 31.2 Å². The summed E-state index contributed by atoms with van der Waals surface area (Å²) in [5, 5.41) is 9.05. The van der Waals surface area contributed by atoms with Crippen LogP contribution in [0, 0.1) is 0 Å². The molecular formula is C12H17NO5S. The van der Waals surface area contributed by atoms with Crippen LogP contribution in [-0.2, 0) is 14.8 Å². The Morgan fingerprint density at radius 3 is 2.42 bits per heavy atom. The lowest BCUT2D eigenvalue weighted by Gasteiger charge is -2.08. The molecule has 0 saturated heterocycles. The van der Waals surface area contributed by atoms with Gasteiger partial charge in [0, 0.05) is 6.54 Å². The van der Waals surface area contributed by atoms with Gasteiger partial charge in [-0.15, -0.1) is 0 Å². The van der Waals surface area contributed by atoms with Crippen molar-refractivity contribution in [3.63, 3.8) is 0 Å². The van der Waals surface area contributed by atoms with Gasteiger partial charge >= 0.3 is 5.97 Å². The molecule has 0 aliphatic heterocycles. The molecule has 0 aliphatic carbocycles. The first-order valence-corrected chi connectivity index (χ1v) is 7.30. The number of carbonyl (C=O) groups excluding carboxylic acids is 1. The summed E-state index contributed by atoms with van der Waals surface area (Å²) in [4.78, 5) is 11.4. The van der Waals surface area contributed by atoms with Crippen LogP contribution in [0.25, 0.3) is 0 Å². The quantitative estimate of drug-likeness (QED) is 0.744. The minimum atomic E-state index is -3.67. The number of sulfonamides is 1. The van der Waals surface area contributed by atoms with Crippen molar-refractivity contribution in [1.29, 1.82) is 0 Å². The Balaban J connectivity index is 2.83. The van der Waals surface area contributed by atoms with Crippen LogP contribution in [0.5, 0.6) is 0 Å². The molecule has 19 heavy (non-hydrogen) atoms. The molecule has 1 aromatic carbocycles. The van der Waals surface area contributed by atoms with Crippen molar-refractivity contribution in [2.45, 2.75) is 24.8 Å². The molecule has 0 radical (unpaired) electrons. The standard InChI is InChI=1S/C12H17NO5S/c1-3-18-12(15)10-4-6-11(7-5-10)19(16,17)13-8-9(2)14/h4-7,9,13-14H,3,8H2,1-2H3/t9-/m1/s1. The molecule has 0 aromatic heterocycles. The summed E-state index contributed by atoms with van der Waals surface area (Å²) in [5.41, 5.74) is 0.288. The van der Waals surface area contributed by atoms with E-state index in [4.69, 9.17) is 9.84 Å². The Bertz CT molecular complexity index is 522. The largest absolute Gasteiger partial charge is 0.462 e. The summed E-state index contributed by atoms with van der Waals surface area (Å²) in [7, 11) is -3.67. The van der Waals surface area contributed by atoms with Crippen LogP contribution in [0.2, 0.25) is 0 Å². The molecule has 1 rings (SSSR count). The van der Waals surface area contributed by atoms with Crippen molar-refractivity contribution in [2.75, 3.05) is 13.2 Å². The Morgan fingerprint density at radius 1 is 1.37 bits per heavy atom. The van der Waals surface area contributed by atoms with E-state index < -0.39 is 22.1 Å². The SMILES string of the molecule is CCOC(=O)c1ccc(S(=O)(=O)NC[C@@H](C)O)cc1. The second kappa shape index (κ2) is 6.65. The summed E-state index contributed by atoms with van der Waals surface area (Å²) >= 11 is 0. The Hall–Kier alpha value is -1.44. The molecule has 1 aromatic rings. The lowest BCUT2D eigenvalue weighted by atomic mass is 10.2. The van der Waals surface area contributed by atoms with Gasteiger partial charge in [0.25, 0.3) is 0 Å². The number of aliphatic hydroxyl groups excluding tert-OH is 1. The smallest absolute Gasteiger partial charge is 0.338 e. The fourth-order valence-corrected chi connectivity index (χ4v) is 2.42. The number of ether oxygens (including phenoxy) is 1. The summed E-state index contributed by atoms with van der Waals surface area (Å²) in [6, 6.07) is 5.40. The number of carbonyl (C=O) groups is 1. The molecular weight excluding hydrogens is 270 g/mol. The van der Waals surface area contributed by atoms with E-state index in [9.17, 15) is 13.2 Å². The van der Waals surface area contributed by atoms with E-state index in [0.717, 1.165) is 0 Å². The van der Waals surface area contributed by atoms with Gasteiger partial charge in [-0.2, -0.15) is 0 Å². The Labute approximate surface area is 112 Å². The average Bonchev–Trinajstić information content (AvgIpc) is 2.37. The number of nitrogens with one attached hydrogen (secondary N) is 1. The van der Waals surface area contributed by atoms with Crippen LogP contribution < -0.4 is 4.72 Å². The van der Waals surface area contributed by atoms with Crippen LogP contribution in [-0.4, -0.2) is 38.7 Å². The highest BCUT2D eigenvalue weighted by Gasteiger charge is 2.15. The predicted molar refractivity (Wildman–Crippen MR) is 69.3 cm³/mol. The van der Waals surface area contributed by atoms with E-state index in [2.05, 4.69) is 4.72 Å². The maximum absolute atomic E-state index is 11.8. The van der Waals surface area contributed by atoms with E-state index in [-0.39, 0.29) is 23.6 Å². The fourth-order valence-electron chi connectivity index (χ4n) is 1.30. The van der Waals surface area contributed by atoms with Gasteiger partial charge < -0.3 is 9.84 Å². The molecule has 0 saturated carbocycles. The highest BCUT2D eigenvalue weighted by molar-refractivity contribution is 7.89. The molecule has 0 amide bonds. The first kappa shape index (κ1) is 15.6. The summed E-state index contributed by atoms with van der Waals surface area (Å²) < 4.78 is 30.7. The zero-order valence-corrected chi connectivity index (χ0v) is 11.6. The summed E-state index contributed by atoms with van der Waals surface area (Å²) in [5.74, 6) is -0.497. The molecule has 0 heterocycles. The van der Waals surface area contributed by atoms with Gasteiger partial charge in [-0.1, -0.05) is 0 Å². The van der Waals surface area contributed by atoms with Crippen molar-refractivity contribution in [1.82, 2.24) is 4.72 Å². The topological polar surface area (TPSA) is 92.7 Å². The first-order chi connectivity index (χ1) is 8.86. The number of rotatable bonds is 6. The minimum Gasteiger partial charge on any atom is -0.462 e. The normalized spacial score (nSPS) is 13.0. The number of benzene rings is 1. The predicted octanol–water partition coefficient (Wildman–Crippen LogP) is 0.522. The van der Waals surface area contributed by atoms with Crippen LogP contribution in [0.15, 0.2) is 29.2 Å². The third-order valence-electron chi connectivity index (χ3n) is 2.24. The molecule has 0 bridgehead atoms. The lowest BCUT2D eigenvalue weighted by Crippen LogP contribution is -2.30. The second-order valence-electron chi connectivity index (χ2n) is 3.95. The molecule has 0 spiro atoms. The van der Waals surface area contributed by atoms with Gasteiger partial charge in [-0.05, 0) is 38.1 Å². The maximum Gasteiger partial charge on any atom is 0.338 e. The van der Waals surface area contributed by atoms with E-state index in [1.807, 2.05) is 0 Å². The van der Waals surface area contributed by atoms with Crippen LogP contribution in [0.4, 0.5) is 0 Å². The molecule has 106 valence electrons. The zero-order chi connectivity index (χ0) is 14.5. The number of hydrogen-bond acceptors (Lipinski definition) is 5. The molecule has 7 heteroatoms. The third-order valence-corrected chi connectivity index (χ3v) is 3.68. The molecule has 1 atom stereocenters. The first-order valence-electron chi connectivity index (χ1n) is 5.81. The highest BCUT2D eigenvalue weighted by atomic mass is 32.2. The highest BCUT2D eigenvalue weighted by Crippen LogP contribution is 2.11. The number of esters is 1. The van der Waals surface area contributed by atoms with Gasteiger partial charge in [0.15, 0.2) is 0 Å². The average molecular weight is 287 g/mol. The Kier molecular flexibility index (Phi) is 5.46. The maximum atomic E-state index is 11.8. The van der Waals surface area contributed by atoms with Crippen molar-refractivity contribution in [2.24, 2.45) is 0 Å². The van der Waals surface area contributed by atoms with Gasteiger partial charge in [0.2, 0.25) is 10.0 Å². The van der Waals surface area contributed by atoms with Gasteiger partial charge in [0.05, 0.1) is 23.2 Å². The van der Waals surface area contributed by atoms with E-state index in [0.29, 0.717) is 0 Å². The van der Waals surface area contributed by atoms with Crippen LogP contribution >= 0.6 is 0 Å². The van der Waals surface area contributed by atoms with E-state index >= 15 is 0 Å². The minimum absolute atomic E-state index is 0.0289. The fraction of sp³-hybridized carbons (Fsp3) is 0.417. The lowest BCUT2D eigenvalue weighted by molar-refractivity contribution is 0.0526. The molecule has 0 unspecified atom stereocenters. The van der Waals surface area contributed by atoms with Crippen molar-refractivity contribution in [3.8, 4) is 0 Å². The second-order valence-corrected chi connectivity index (χ2v) is 5.71. The number of aliphatic hydroxyl groups is 1. The van der Waals surface area contributed by atoms with Crippen LogP contribution in [0.3, 0.4) is 0 Å². The molecule has 2 N–H and O–H groups in total. The monoisotopic (exact) mass is 287 g/mol. The Morgan fingerprint density at radius 2 is 1.95 bits per heavy atom. The number of hydrogen-bond donors (Lipinski definition) is 2. The van der Waals surface area contributed by atoms with Crippen molar-refractivity contribution in [3.05, 3.63) is 29.8 Å². The summed E-state index contributed by atoms with van der Waals surface area (Å²) in [6.45, 7) is 3.36. The van der Waals surface area contributed by atoms with Gasteiger partial charge in [-0.25, -0.2) is 17.9 Å². The zero-order valence-electron chi connectivity index (χ0n) is 10.8. The summed E-state index contributed by atoms with van der Waals surface area (Å²) in [6.07, 6.45) is -0.770. The van der Waals surface area contributed by atoms with Crippen molar-refractivity contribution < 1.29 is 23.1 Å². The molecule has 6 nitrogen and oxygen atoms in total. The van der Waals surface area contributed by atoms with E-state index in [1.54, 1.807) is 6.92 Å². The van der Waals surface area contributed by atoms with Gasteiger partial charge in [-0.3, -0.25) is 0 Å². The van der Waals surface area contributed by atoms with Crippen LogP contribution in [0.1, 0.15) is 24.2 Å². The third kappa shape index (κ3) is 4.62.